The third kappa shape index (κ3) is 2.16. The number of para-hydroxylation sites is 1. The van der Waals surface area contributed by atoms with Gasteiger partial charge in [-0.15, -0.1) is 11.3 Å². The summed E-state index contributed by atoms with van der Waals surface area (Å²) in [6, 6.07) is 10.1. The van der Waals surface area contributed by atoms with Gasteiger partial charge in [0, 0.05) is 12.4 Å². The van der Waals surface area contributed by atoms with Gasteiger partial charge in [-0.3, -0.25) is 9.48 Å². The summed E-state index contributed by atoms with van der Waals surface area (Å²) in [4.78, 5) is 13.3. The van der Waals surface area contributed by atoms with E-state index < -0.39 is 0 Å². The zero-order valence-electron chi connectivity index (χ0n) is 11.6. The summed E-state index contributed by atoms with van der Waals surface area (Å²) in [7, 11) is 1.92. The van der Waals surface area contributed by atoms with Crippen LogP contribution >= 0.6 is 11.3 Å². The Morgan fingerprint density at radius 3 is 2.90 bits per heavy atom. The molecule has 2 aromatic heterocycles. The number of aryl methyl sites for hydroxylation is 2. The number of hydrogen-bond acceptors (Lipinski definition) is 3. The summed E-state index contributed by atoms with van der Waals surface area (Å²) in [6.45, 7) is 2.08. The highest BCUT2D eigenvalue weighted by atomic mass is 32.1. The van der Waals surface area contributed by atoms with Crippen LogP contribution in [0.3, 0.4) is 0 Å². The smallest absolute Gasteiger partial charge is 0.179 e. The van der Waals surface area contributed by atoms with Crippen molar-refractivity contribution in [2.24, 2.45) is 7.05 Å². The van der Waals surface area contributed by atoms with E-state index in [2.05, 4.69) is 12.0 Å². The minimum absolute atomic E-state index is 0.167. The predicted molar refractivity (Wildman–Crippen MR) is 82.4 cm³/mol. The van der Waals surface area contributed by atoms with Gasteiger partial charge in [0.1, 0.15) is 0 Å². The monoisotopic (exact) mass is 284 g/mol. The fourth-order valence-electron chi connectivity index (χ4n) is 2.51. The summed E-state index contributed by atoms with van der Waals surface area (Å²) in [5.74, 6) is 0.167. The molecule has 0 aliphatic rings. The summed E-state index contributed by atoms with van der Waals surface area (Å²) in [6.07, 6.45) is 1.27. The van der Waals surface area contributed by atoms with E-state index in [1.807, 2.05) is 47.4 Å². The van der Waals surface area contributed by atoms with E-state index in [0.717, 1.165) is 33.5 Å². The number of aromatic nitrogens is 2. The van der Waals surface area contributed by atoms with Crippen LogP contribution in [0, 0.1) is 0 Å². The second-order valence-corrected chi connectivity index (χ2v) is 5.73. The third-order valence-corrected chi connectivity index (χ3v) is 4.54. The minimum Gasteiger partial charge on any atom is -0.293 e. The highest BCUT2D eigenvalue weighted by molar-refractivity contribution is 7.12. The molecule has 3 aromatic rings. The van der Waals surface area contributed by atoms with Gasteiger partial charge in [-0.2, -0.15) is 5.10 Å². The Bertz CT molecular complexity index is 770. The molecule has 0 N–H and O–H groups in total. The fourth-order valence-corrected chi connectivity index (χ4v) is 3.45. The summed E-state index contributed by atoms with van der Waals surface area (Å²) in [5, 5.41) is 7.55. The fraction of sp³-hybridized carbons (Fsp3) is 0.250. The molecular weight excluding hydrogens is 268 g/mol. The molecule has 0 aliphatic heterocycles. The Kier molecular flexibility index (Phi) is 3.40. The minimum atomic E-state index is 0.167. The van der Waals surface area contributed by atoms with Gasteiger partial charge >= 0.3 is 0 Å². The maximum atomic E-state index is 12.5. The zero-order valence-corrected chi connectivity index (χ0v) is 12.4. The first-order valence-corrected chi connectivity index (χ1v) is 7.59. The second kappa shape index (κ2) is 5.21. The van der Waals surface area contributed by atoms with Gasteiger partial charge in [-0.1, -0.05) is 25.1 Å². The number of fused-ring (bicyclic) bond motifs is 1. The van der Waals surface area contributed by atoms with Crippen LogP contribution in [-0.2, 0) is 19.9 Å². The van der Waals surface area contributed by atoms with Crippen LogP contribution in [0.1, 0.15) is 27.9 Å². The molecule has 102 valence electrons. The number of hydrogen-bond donors (Lipinski definition) is 0. The molecule has 3 rings (SSSR count). The van der Waals surface area contributed by atoms with Crippen LogP contribution in [0.4, 0.5) is 0 Å². The van der Waals surface area contributed by atoms with E-state index in [4.69, 9.17) is 0 Å². The number of Topliss-reactive ketones (excluding diaryl/α,β-unsaturated/α-hetero) is 1. The average molecular weight is 284 g/mol. The van der Waals surface area contributed by atoms with E-state index in [-0.39, 0.29) is 5.78 Å². The first-order chi connectivity index (χ1) is 9.70. The molecule has 1 aromatic carbocycles. The maximum Gasteiger partial charge on any atom is 0.179 e. The molecule has 0 saturated carbocycles. The molecule has 0 amide bonds. The second-order valence-electron chi connectivity index (χ2n) is 4.82. The van der Waals surface area contributed by atoms with E-state index in [9.17, 15) is 4.79 Å². The van der Waals surface area contributed by atoms with Gasteiger partial charge in [-0.25, -0.2) is 0 Å². The Hall–Kier alpha value is -1.94. The van der Waals surface area contributed by atoms with Crippen molar-refractivity contribution in [2.75, 3.05) is 0 Å². The lowest BCUT2D eigenvalue weighted by Crippen LogP contribution is -2.05. The number of nitrogens with zero attached hydrogens (tertiary/aromatic N) is 2. The van der Waals surface area contributed by atoms with Crippen molar-refractivity contribution in [1.29, 1.82) is 0 Å². The molecule has 2 heterocycles. The van der Waals surface area contributed by atoms with Crippen molar-refractivity contribution in [3.05, 3.63) is 51.8 Å². The van der Waals surface area contributed by atoms with Crippen LogP contribution in [-0.4, -0.2) is 15.6 Å². The van der Waals surface area contributed by atoms with Crippen molar-refractivity contribution in [3.8, 4) is 0 Å². The molecule has 0 saturated heterocycles. The number of carbonyl (C=O) groups is 1. The summed E-state index contributed by atoms with van der Waals surface area (Å²) >= 11 is 1.53. The molecule has 0 spiro atoms. The number of carbonyl (C=O) groups excluding carboxylic acids is 1. The molecule has 0 unspecified atom stereocenters. The Morgan fingerprint density at radius 1 is 1.30 bits per heavy atom. The van der Waals surface area contributed by atoms with Gasteiger partial charge in [0.2, 0.25) is 0 Å². The lowest BCUT2D eigenvalue weighted by molar-refractivity contribution is 0.0995. The molecule has 20 heavy (non-hydrogen) atoms. The van der Waals surface area contributed by atoms with Crippen LogP contribution in [0.15, 0.2) is 35.7 Å². The van der Waals surface area contributed by atoms with Gasteiger partial charge < -0.3 is 0 Å². The largest absolute Gasteiger partial charge is 0.293 e. The van der Waals surface area contributed by atoms with Crippen LogP contribution in [0.5, 0.6) is 0 Å². The molecule has 3 nitrogen and oxygen atoms in total. The van der Waals surface area contributed by atoms with Crippen molar-refractivity contribution in [1.82, 2.24) is 9.78 Å². The predicted octanol–water partition coefficient (Wildman–Crippen LogP) is 3.62. The van der Waals surface area contributed by atoms with E-state index in [0.29, 0.717) is 6.42 Å². The lowest BCUT2D eigenvalue weighted by atomic mass is 10.1. The number of rotatable bonds is 4. The molecule has 0 bridgehead atoms. The molecule has 0 fully saturated rings. The van der Waals surface area contributed by atoms with Crippen molar-refractivity contribution >= 4 is 28.0 Å². The number of ketones is 1. The lowest BCUT2D eigenvalue weighted by Gasteiger charge is -1.99. The highest BCUT2D eigenvalue weighted by Crippen LogP contribution is 2.23. The Labute approximate surface area is 121 Å². The van der Waals surface area contributed by atoms with Crippen molar-refractivity contribution in [3.63, 3.8) is 0 Å². The van der Waals surface area contributed by atoms with Crippen molar-refractivity contribution in [2.45, 2.75) is 19.8 Å². The van der Waals surface area contributed by atoms with Gasteiger partial charge in [0.05, 0.1) is 22.5 Å². The van der Waals surface area contributed by atoms with Crippen molar-refractivity contribution < 1.29 is 4.79 Å². The number of thiophene rings is 1. The van der Waals surface area contributed by atoms with E-state index >= 15 is 0 Å². The molecule has 0 aliphatic carbocycles. The van der Waals surface area contributed by atoms with Gasteiger partial charge in [0.25, 0.3) is 0 Å². The number of benzene rings is 1. The van der Waals surface area contributed by atoms with Crippen LogP contribution < -0.4 is 0 Å². The standard InChI is InChI=1S/C16H16N2OS/c1-3-11-8-9-20-16(11)15(19)10-13-12-6-4-5-7-14(12)18(2)17-13/h4-9H,3,10H2,1-2H3. The molecule has 0 atom stereocenters. The molecule has 0 radical (unpaired) electrons. The third-order valence-electron chi connectivity index (χ3n) is 3.54. The zero-order chi connectivity index (χ0) is 14.1. The quantitative estimate of drug-likeness (QED) is 0.686. The molecular formula is C16H16N2OS. The topological polar surface area (TPSA) is 34.9 Å². The maximum absolute atomic E-state index is 12.5. The Balaban J connectivity index is 1.96. The molecule has 4 heteroatoms. The van der Waals surface area contributed by atoms with Crippen LogP contribution in [0.2, 0.25) is 0 Å². The summed E-state index contributed by atoms with van der Waals surface area (Å²) < 4.78 is 1.84. The first kappa shape index (κ1) is 13.1. The van der Waals surface area contributed by atoms with Gasteiger partial charge in [0.15, 0.2) is 5.78 Å². The Morgan fingerprint density at radius 2 is 2.10 bits per heavy atom. The average Bonchev–Trinajstić information content (AvgIpc) is 3.05. The normalized spacial score (nSPS) is 11.1. The van der Waals surface area contributed by atoms with Gasteiger partial charge in [-0.05, 0) is 29.5 Å². The SMILES string of the molecule is CCc1ccsc1C(=O)Cc1nn(C)c2ccccc12. The highest BCUT2D eigenvalue weighted by Gasteiger charge is 2.16. The van der Waals surface area contributed by atoms with Crippen LogP contribution in [0.25, 0.3) is 10.9 Å². The van der Waals surface area contributed by atoms with E-state index in [1.54, 1.807) is 0 Å². The summed E-state index contributed by atoms with van der Waals surface area (Å²) in [5.41, 5.74) is 3.07. The first-order valence-electron chi connectivity index (χ1n) is 6.71. The van der Waals surface area contributed by atoms with E-state index in [1.165, 1.54) is 11.3 Å².